The second-order valence-electron chi connectivity index (χ2n) is 5.37. The summed E-state index contributed by atoms with van der Waals surface area (Å²) in [6.45, 7) is 2.04. The number of rotatable bonds is 4. The molecule has 1 atom stereocenters. The molecule has 0 spiro atoms. The van der Waals surface area contributed by atoms with Crippen molar-refractivity contribution in [1.82, 2.24) is 4.98 Å². The van der Waals surface area contributed by atoms with Gasteiger partial charge in [-0.15, -0.1) is 0 Å². The molecule has 94 valence electrons. The van der Waals surface area contributed by atoms with Crippen LogP contribution < -0.4 is 0 Å². The van der Waals surface area contributed by atoms with E-state index in [0.717, 1.165) is 23.5 Å². The molecule has 18 heavy (non-hydrogen) atoms. The van der Waals surface area contributed by atoms with E-state index in [2.05, 4.69) is 51.2 Å². The highest BCUT2D eigenvalue weighted by Gasteiger charge is 2.28. The second-order valence-corrected chi connectivity index (χ2v) is 6.55. The number of pyridine rings is 1. The van der Waals surface area contributed by atoms with Gasteiger partial charge in [-0.2, -0.15) is 0 Å². The molecule has 1 heterocycles. The van der Waals surface area contributed by atoms with Crippen molar-refractivity contribution in [2.45, 2.75) is 37.4 Å². The number of hydrogen-bond acceptors (Lipinski definition) is 1. The summed E-state index contributed by atoms with van der Waals surface area (Å²) >= 11 is 3.81. The van der Waals surface area contributed by atoms with Crippen LogP contribution in [-0.4, -0.2) is 9.81 Å². The number of aromatic nitrogens is 1. The Balaban J connectivity index is 1.74. The topological polar surface area (TPSA) is 12.9 Å². The predicted molar refractivity (Wildman–Crippen MR) is 80.2 cm³/mol. The Hall–Kier alpha value is -0.890. The average molecular weight is 304 g/mol. The number of aryl methyl sites for hydroxylation is 2. The molecule has 1 nitrogen and oxygen atoms in total. The molecule has 1 unspecified atom stereocenters. The summed E-state index contributed by atoms with van der Waals surface area (Å²) < 4.78 is 0. The molecule has 3 rings (SSSR count). The van der Waals surface area contributed by atoms with Crippen molar-refractivity contribution in [3.05, 3.63) is 41.6 Å². The molecular formula is C16H18BrN. The predicted octanol–water partition coefficient (Wildman–Crippen LogP) is 4.65. The summed E-state index contributed by atoms with van der Waals surface area (Å²) in [5.74, 6) is 0.940. The summed E-state index contributed by atoms with van der Waals surface area (Å²) in [6, 6.07) is 10.9. The quantitative estimate of drug-likeness (QED) is 0.749. The van der Waals surface area contributed by atoms with Crippen molar-refractivity contribution in [1.29, 1.82) is 0 Å². The summed E-state index contributed by atoms with van der Waals surface area (Å²) in [7, 11) is 0. The molecule has 1 fully saturated rings. The largest absolute Gasteiger partial charge is 0.253 e. The monoisotopic (exact) mass is 303 g/mol. The van der Waals surface area contributed by atoms with Crippen LogP contribution in [0.2, 0.25) is 0 Å². The molecule has 0 saturated heterocycles. The zero-order valence-corrected chi connectivity index (χ0v) is 12.3. The Morgan fingerprint density at radius 3 is 2.89 bits per heavy atom. The van der Waals surface area contributed by atoms with Gasteiger partial charge >= 0.3 is 0 Å². The van der Waals surface area contributed by atoms with Crippen LogP contribution in [0.15, 0.2) is 30.3 Å². The number of nitrogens with zero attached hydrogens (tertiary/aromatic N) is 1. The van der Waals surface area contributed by atoms with E-state index in [1.54, 1.807) is 0 Å². The molecule has 1 aromatic heterocycles. The van der Waals surface area contributed by atoms with E-state index in [4.69, 9.17) is 0 Å². The van der Waals surface area contributed by atoms with Crippen LogP contribution in [0.25, 0.3) is 10.9 Å². The average Bonchev–Trinajstić information content (AvgIpc) is 3.20. The van der Waals surface area contributed by atoms with E-state index < -0.39 is 0 Å². The minimum atomic E-state index is 0.712. The molecule has 0 N–H and O–H groups in total. The van der Waals surface area contributed by atoms with Crippen molar-refractivity contribution >= 4 is 26.8 Å². The zero-order chi connectivity index (χ0) is 12.5. The third kappa shape index (κ3) is 2.74. The first-order valence-corrected chi connectivity index (χ1v) is 7.64. The van der Waals surface area contributed by atoms with Gasteiger partial charge in [0.25, 0.3) is 0 Å². The van der Waals surface area contributed by atoms with E-state index in [1.807, 2.05) is 6.92 Å². The third-order valence-electron chi connectivity index (χ3n) is 3.74. The second kappa shape index (κ2) is 5.00. The maximum atomic E-state index is 4.54. The lowest BCUT2D eigenvalue weighted by atomic mass is 10.0. The van der Waals surface area contributed by atoms with Crippen molar-refractivity contribution in [3.8, 4) is 0 Å². The molecule has 1 aromatic carbocycles. The van der Waals surface area contributed by atoms with Gasteiger partial charge in [-0.1, -0.05) is 28.1 Å². The van der Waals surface area contributed by atoms with Gasteiger partial charge in [0.2, 0.25) is 0 Å². The van der Waals surface area contributed by atoms with Gasteiger partial charge in [-0.05, 0) is 62.3 Å². The molecule has 1 saturated carbocycles. The van der Waals surface area contributed by atoms with Crippen LogP contribution in [0.3, 0.4) is 0 Å². The van der Waals surface area contributed by atoms with Crippen LogP contribution in [0.1, 0.15) is 30.5 Å². The Morgan fingerprint density at radius 1 is 1.28 bits per heavy atom. The SMILES string of the molecule is Cc1ccc2cc(CCC(Br)C3CC3)ccc2n1. The van der Waals surface area contributed by atoms with Gasteiger partial charge in [0.15, 0.2) is 0 Å². The van der Waals surface area contributed by atoms with Crippen molar-refractivity contribution < 1.29 is 0 Å². The van der Waals surface area contributed by atoms with Crippen molar-refractivity contribution in [2.75, 3.05) is 0 Å². The molecule has 1 aliphatic rings. The number of halogens is 1. The van der Waals surface area contributed by atoms with Gasteiger partial charge in [0.1, 0.15) is 0 Å². The van der Waals surface area contributed by atoms with Gasteiger partial charge in [0.05, 0.1) is 5.52 Å². The van der Waals surface area contributed by atoms with Gasteiger partial charge in [0, 0.05) is 15.9 Å². The molecule has 2 heteroatoms. The van der Waals surface area contributed by atoms with Gasteiger partial charge in [-0.3, -0.25) is 4.98 Å². The minimum absolute atomic E-state index is 0.712. The Bertz CT molecular complexity index is 560. The molecule has 1 aliphatic carbocycles. The summed E-state index contributed by atoms with van der Waals surface area (Å²) in [6.07, 6.45) is 5.24. The first-order valence-electron chi connectivity index (χ1n) is 6.73. The van der Waals surface area contributed by atoms with Crippen LogP contribution in [-0.2, 0) is 6.42 Å². The first-order chi connectivity index (χ1) is 8.72. The van der Waals surface area contributed by atoms with Crippen LogP contribution >= 0.6 is 15.9 Å². The van der Waals surface area contributed by atoms with E-state index in [0.29, 0.717) is 4.83 Å². The summed E-state index contributed by atoms with van der Waals surface area (Å²) in [4.78, 5) is 5.25. The van der Waals surface area contributed by atoms with Gasteiger partial charge < -0.3 is 0 Å². The van der Waals surface area contributed by atoms with E-state index >= 15 is 0 Å². The van der Waals surface area contributed by atoms with Crippen LogP contribution in [0.5, 0.6) is 0 Å². The molecule has 0 bridgehead atoms. The fourth-order valence-electron chi connectivity index (χ4n) is 2.43. The first kappa shape index (κ1) is 12.2. The number of alkyl halides is 1. The lowest BCUT2D eigenvalue weighted by Gasteiger charge is -2.08. The zero-order valence-electron chi connectivity index (χ0n) is 10.7. The molecular weight excluding hydrogens is 286 g/mol. The maximum absolute atomic E-state index is 4.54. The smallest absolute Gasteiger partial charge is 0.0705 e. The molecule has 0 aliphatic heterocycles. The third-order valence-corrected chi connectivity index (χ3v) is 4.94. The minimum Gasteiger partial charge on any atom is -0.253 e. The number of fused-ring (bicyclic) bond motifs is 1. The Kier molecular flexibility index (Phi) is 3.38. The standard InChI is InChI=1S/C16H18BrN/c1-11-2-5-14-10-12(4-9-16(14)18-11)3-8-15(17)13-6-7-13/h2,4-5,9-10,13,15H,3,6-8H2,1H3. The Labute approximate surface area is 117 Å². The molecule has 0 amide bonds. The van der Waals surface area contributed by atoms with Crippen molar-refractivity contribution in [2.24, 2.45) is 5.92 Å². The number of hydrogen-bond donors (Lipinski definition) is 0. The highest BCUT2D eigenvalue weighted by Crippen LogP contribution is 2.38. The Morgan fingerprint density at radius 2 is 2.11 bits per heavy atom. The van der Waals surface area contributed by atoms with Crippen LogP contribution in [0, 0.1) is 12.8 Å². The van der Waals surface area contributed by atoms with E-state index in [9.17, 15) is 0 Å². The van der Waals surface area contributed by atoms with Gasteiger partial charge in [-0.25, -0.2) is 0 Å². The highest BCUT2D eigenvalue weighted by molar-refractivity contribution is 9.09. The fraction of sp³-hybridized carbons (Fsp3) is 0.438. The highest BCUT2D eigenvalue weighted by atomic mass is 79.9. The van der Waals surface area contributed by atoms with E-state index in [1.165, 1.54) is 30.2 Å². The maximum Gasteiger partial charge on any atom is 0.0705 e. The summed E-state index contributed by atoms with van der Waals surface area (Å²) in [5.41, 5.74) is 3.62. The fourth-order valence-corrected chi connectivity index (χ4v) is 3.19. The van der Waals surface area contributed by atoms with Crippen molar-refractivity contribution in [3.63, 3.8) is 0 Å². The van der Waals surface area contributed by atoms with Crippen LogP contribution in [0.4, 0.5) is 0 Å². The van der Waals surface area contributed by atoms with E-state index in [-0.39, 0.29) is 0 Å². The lowest BCUT2D eigenvalue weighted by molar-refractivity contribution is 0.697. The lowest BCUT2D eigenvalue weighted by Crippen LogP contribution is -2.02. The number of benzene rings is 1. The molecule has 0 radical (unpaired) electrons. The normalized spacial score (nSPS) is 17.0. The molecule has 2 aromatic rings. The summed E-state index contributed by atoms with van der Waals surface area (Å²) in [5, 5.41) is 1.26.